The van der Waals surface area contributed by atoms with Crippen LogP contribution in [0.15, 0.2) is 81.4 Å². The van der Waals surface area contributed by atoms with Gasteiger partial charge in [0.1, 0.15) is 5.82 Å². The molecule has 202 valence electrons. The molecule has 2 aromatic heterocycles. The van der Waals surface area contributed by atoms with Gasteiger partial charge in [-0.1, -0.05) is 30.3 Å². The molecule has 0 saturated heterocycles. The van der Waals surface area contributed by atoms with Crippen LogP contribution in [-0.4, -0.2) is 28.1 Å². The summed E-state index contributed by atoms with van der Waals surface area (Å²) < 4.78 is 29.2. The number of nitrogens with zero attached hydrogens (tertiary/aromatic N) is 4. The number of aromatic nitrogens is 3. The van der Waals surface area contributed by atoms with Gasteiger partial charge in [0.25, 0.3) is 5.56 Å². The SMILES string of the molecule is Cc1ncccc1-c1ccc(S(=O)(=O)c2c(O)nc(CC3CC3)n(C(c3cccc(C#N)c3)C3CC3)c2=O)cc1. The van der Waals surface area contributed by atoms with Crippen LogP contribution in [0.25, 0.3) is 11.1 Å². The zero-order valence-electron chi connectivity index (χ0n) is 22.0. The standard InChI is InChI=1S/C31H28N4O4S/c1-19-26(6-3-15-33-19)22-11-13-25(14-12-22)40(38,39)29-30(36)34-27(17-20-7-8-20)35(31(29)37)28(23-9-10-23)24-5-2-4-21(16-24)18-32/h2-6,11-16,20,23,28,36H,7-10,17H2,1H3. The maximum absolute atomic E-state index is 14.2. The molecular formula is C31H28N4O4S. The number of pyridine rings is 1. The first-order chi connectivity index (χ1) is 19.3. The normalized spacial score (nSPS) is 15.9. The average Bonchev–Trinajstić information content (AvgIpc) is 3.87. The summed E-state index contributed by atoms with van der Waals surface area (Å²) in [5.41, 5.74) is 2.90. The monoisotopic (exact) mass is 552 g/mol. The van der Waals surface area contributed by atoms with Gasteiger partial charge in [-0.05, 0) is 85.9 Å². The maximum Gasteiger partial charge on any atom is 0.277 e. The van der Waals surface area contributed by atoms with Crippen molar-refractivity contribution in [2.45, 2.75) is 54.9 Å². The summed E-state index contributed by atoms with van der Waals surface area (Å²) >= 11 is 0. The predicted octanol–water partition coefficient (Wildman–Crippen LogP) is 4.98. The first-order valence-corrected chi connectivity index (χ1v) is 14.9. The van der Waals surface area contributed by atoms with E-state index in [0.29, 0.717) is 23.7 Å². The summed E-state index contributed by atoms with van der Waals surface area (Å²) in [6.45, 7) is 1.87. The van der Waals surface area contributed by atoms with E-state index in [1.54, 1.807) is 36.5 Å². The van der Waals surface area contributed by atoms with Gasteiger partial charge in [0.2, 0.25) is 15.7 Å². The summed E-state index contributed by atoms with van der Waals surface area (Å²) in [7, 11) is -4.41. The third-order valence-electron chi connectivity index (χ3n) is 7.75. The van der Waals surface area contributed by atoms with Gasteiger partial charge in [-0.3, -0.25) is 14.3 Å². The zero-order chi connectivity index (χ0) is 28.0. The van der Waals surface area contributed by atoms with Crippen molar-refractivity contribution in [2.24, 2.45) is 11.8 Å². The molecule has 40 heavy (non-hydrogen) atoms. The van der Waals surface area contributed by atoms with Crippen LogP contribution in [0.2, 0.25) is 0 Å². The number of aromatic hydroxyl groups is 1. The fraction of sp³-hybridized carbons (Fsp3) is 0.290. The molecule has 2 aromatic carbocycles. The van der Waals surface area contributed by atoms with Crippen LogP contribution in [0.5, 0.6) is 5.88 Å². The largest absolute Gasteiger partial charge is 0.492 e. The predicted molar refractivity (Wildman–Crippen MR) is 148 cm³/mol. The van der Waals surface area contributed by atoms with Crippen LogP contribution < -0.4 is 5.56 Å². The van der Waals surface area contributed by atoms with E-state index in [0.717, 1.165) is 48.1 Å². The number of hydrogen-bond acceptors (Lipinski definition) is 7. The molecule has 1 atom stereocenters. The number of nitriles is 1. The van der Waals surface area contributed by atoms with E-state index >= 15 is 0 Å². The Morgan fingerprint density at radius 2 is 1.82 bits per heavy atom. The van der Waals surface area contributed by atoms with Gasteiger partial charge < -0.3 is 5.11 Å². The first-order valence-electron chi connectivity index (χ1n) is 13.4. The molecule has 0 spiro atoms. The van der Waals surface area contributed by atoms with Crippen LogP contribution in [0.1, 0.15) is 54.4 Å². The molecule has 2 saturated carbocycles. The van der Waals surface area contributed by atoms with Crippen LogP contribution >= 0.6 is 0 Å². The van der Waals surface area contributed by atoms with E-state index in [9.17, 15) is 23.6 Å². The molecule has 2 aliphatic carbocycles. The lowest BCUT2D eigenvalue weighted by Gasteiger charge is -2.24. The Hall–Kier alpha value is -4.29. The fourth-order valence-corrected chi connectivity index (χ4v) is 6.70. The van der Waals surface area contributed by atoms with E-state index in [2.05, 4.69) is 16.0 Å². The van der Waals surface area contributed by atoms with Gasteiger partial charge in [0, 0.05) is 23.9 Å². The van der Waals surface area contributed by atoms with E-state index in [4.69, 9.17) is 0 Å². The molecule has 4 aromatic rings. The van der Waals surface area contributed by atoms with E-state index in [1.165, 1.54) is 16.7 Å². The number of rotatable bonds is 8. The van der Waals surface area contributed by atoms with Gasteiger partial charge in [-0.2, -0.15) is 10.2 Å². The van der Waals surface area contributed by atoms with Gasteiger partial charge in [-0.15, -0.1) is 0 Å². The Labute approximate surface area is 232 Å². The second-order valence-electron chi connectivity index (χ2n) is 10.7. The lowest BCUT2D eigenvalue weighted by atomic mass is 9.99. The highest BCUT2D eigenvalue weighted by molar-refractivity contribution is 7.91. The first kappa shape index (κ1) is 26.0. The van der Waals surface area contributed by atoms with E-state index < -0.39 is 32.2 Å². The molecule has 0 amide bonds. The highest BCUT2D eigenvalue weighted by Gasteiger charge is 2.39. The van der Waals surface area contributed by atoms with Crippen molar-refractivity contribution in [3.8, 4) is 23.1 Å². The number of aryl methyl sites for hydroxylation is 1. The average molecular weight is 553 g/mol. The molecule has 6 rings (SSSR count). The van der Waals surface area contributed by atoms with Crippen molar-refractivity contribution >= 4 is 9.84 Å². The lowest BCUT2D eigenvalue weighted by Crippen LogP contribution is -2.34. The summed E-state index contributed by atoms with van der Waals surface area (Å²) in [4.78, 5) is 22.0. The van der Waals surface area contributed by atoms with E-state index in [-0.39, 0.29) is 10.8 Å². The molecule has 9 heteroatoms. The molecular weight excluding hydrogens is 524 g/mol. The Bertz CT molecular complexity index is 1820. The number of sulfone groups is 1. The molecule has 1 unspecified atom stereocenters. The molecule has 2 fully saturated rings. The minimum Gasteiger partial charge on any atom is -0.492 e. The second kappa shape index (κ2) is 10.0. The third kappa shape index (κ3) is 4.80. The molecule has 0 radical (unpaired) electrons. The summed E-state index contributed by atoms with van der Waals surface area (Å²) in [6, 6.07) is 18.7. The van der Waals surface area contributed by atoms with E-state index in [1.807, 2.05) is 25.1 Å². The summed E-state index contributed by atoms with van der Waals surface area (Å²) in [6.07, 6.45) is 5.90. The maximum atomic E-state index is 14.2. The Balaban J connectivity index is 1.49. The minimum absolute atomic E-state index is 0.105. The Morgan fingerprint density at radius 3 is 2.48 bits per heavy atom. The smallest absolute Gasteiger partial charge is 0.277 e. The molecule has 1 N–H and O–H groups in total. The van der Waals surface area contributed by atoms with Crippen LogP contribution in [0, 0.1) is 30.1 Å². The number of hydrogen-bond donors (Lipinski definition) is 1. The minimum atomic E-state index is -4.41. The molecule has 0 aliphatic heterocycles. The topological polar surface area (TPSA) is 126 Å². The van der Waals surface area contributed by atoms with Crippen molar-refractivity contribution in [1.82, 2.24) is 14.5 Å². The summed E-state index contributed by atoms with van der Waals surface area (Å²) in [5.74, 6) is 0.0530. The van der Waals surface area contributed by atoms with Crippen LogP contribution in [0.4, 0.5) is 0 Å². The molecule has 0 bridgehead atoms. The zero-order valence-corrected chi connectivity index (χ0v) is 22.8. The van der Waals surface area contributed by atoms with Gasteiger partial charge >= 0.3 is 0 Å². The van der Waals surface area contributed by atoms with Crippen molar-refractivity contribution in [3.63, 3.8) is 0 Å². The van der Waals surface area contributed by atoms with Crippen molar-refractivity contribution < 1.29 is 13.5 Å². The lowest BCUT2D eigenvalue weighted by molar-refractivity contribution is 0.399. The molecule has 8 nitrogen and oxygen atoms in total. The Morgan fingerprint density at radius 1 is 1.07 bits per heavy atom. The highest BCUT2D eigenvalue weighted by atomic mass is 32.2. The van der Waals surface area contributed by atoms with Gasteiger partial charge in [0.05, 0.1) is 22.6 Å². The van der Waals surface area contributed by atoms with Gasteiger partial charge in [0.15, 0.2) is 4.90 Å². The molecule has 2 aliphatic rings. The van der Waals surface area contributed by atoms with Gasteiger partial charge in [-0.25, -0.2) is 8.42 Å². The molecule has 2 heterocycles. The third-order valence-corrected chi connectivity index (χ3v) is 9.54. The van der Waals surface area contributed by atoms with Crippen LogP contribution in [0.3, 0.4) is 0 Å². The quantitative estimate of drug-likeness (QED) is 0.327. The van der Waals surface area contributed by atoms with Crippen molar-refractivity contribution in [1.29, 1.82) is 5.26 Å². The Kier molecular flexibility index (Phi) is 6.51. The van der Waals surface area contributed by atoms with Crippen molar-refractivity contribution in [3.05, 3.63) is 99.9 Å². The number of benzene rings is 2. The highest BCUT2D eigenvalue weighted by Crippen LogP contribution is 2.45. The van der Waals surface area contributed by atoms with Crippen molar-refractivity contribution in [2.75, 3.05) is 0 Å². The second-order valence-corrected chi connectivity index (χ2v) is 12.6. The fourth-order valence-electron chi connectivity index (χ4n) is 5.35. The van der Waals surface area contributed by atoms with Crippen LogP contribution in [-0.2, 0) is 16.3 Å². The summed E-state index contributed by atoms with van der Waals surface area (Å²) in [5, 5.41) is 20.4.